The summed E-state index contributed by atoms with van der Waals surface area (Å²) in [7, 11) is 0. The van der Waals surface area contributed by atoms with Crippen molar-refractivity contribution in [2.24, 2.45) is 0 Å². The van der Waals surface area contributed by atoms with Crippen molar-refractivity contribution >= 4 is 11.5 Å². The molecule has 0 fully saturated rings. The maximum absolute atomic E-state index is 10.5. The van der Waals surface area contributed by atoms with Crippen molar-refractivity contribution in [2.75, 3.05) is 5.32 Å². The van der Waals surface area contributed by atoms with Gasteiger partial charge in [-0.15, -0.1) is 0 Å². The first-order valence-electron chi connectivity index (χ1n) is 5.19. The molecular weight excluding hydrogens is 218 g/mol. The average Bonchev–Trinajstić information content (AvgIpc) is 2.38. The number of benzene rings is 1. The van der Waals surface area contributed by atoms with E-state index in [4.69, 9.17) is 0 Å². The fraction of sp³-hybridized carbons (Fsp3) is 0.0833. The standard InChI is InChI=1S/C12H11N3O2/c16-15(17)11-6-7-12(14-9-11)13-8-10-4-2-1-3-5-10/h1-7,9H,8H2,(H,13,14)/p+1. The lowest BCUT2D eigenvalue weighted by Gasteiger charge is -1.98. The largest absolute Gasteiger partial charge is 0.308 e. The molecule has 1 heterocycles. The van der Waals surface area contributed by atoms with E-state index in [0.29, 0.717) is 6.54 Å². The lowest BCUT2D eigenvalue weighted by atomic mass is 10.2. The molecule has 0 spiro atoms. The van der Waals surface area contributed by atoms with E-state index < -0.39 is 4.92 Å². The van der Waals surface area contributed by atoms with Crippen molar-refractivity contribution in [3.05, 3.63) is 64.3 Å². The highest BCUT2D eigenvalue weighted by Crippen LogP contribution is 2.09. The van der Waals surface area contributed by atoms with Crippen LogP contribution in [-0.4, -0.2) is 4.92 Å². The molecule has 0 radical (unpaired) electrons. The molecule has 1 aromatic heterocycles. The van der Waals surface area contributed by atoms with E-state index >= 15 is 0 Å². The molecule has 0 aliphatic carbocycles. The van der Waals surface area contributed by atoms with Crippen molar-refractivity contribution in [2.45, 2.75) is 6.54 Å². The molecule has 0 atom stereocenters. The van der Waals surface area contributed by atoms with Gasteiger partial charge >= 0.3 is 5.69 Å². The van der Waals surface area contributed by atoms with Gasteiger partial charge < -0.3 is 0 Å². The number of H-pyrrole nitrogens is 1. The zero-order valence-electron chi connectivity index (χ0n) is 9.09. The summed E-state index contributed by atoms with van der Waals surface area (Å²) in [5.74, 6) is 0.749. The number of nitrogens with zero attached hydrogens (tertiary/aromatic N) is 1. The van der Waals surface area contributed by atoms with Gasteiger partial charge in [-0.2, -0.15) is 0 Å². The highest BCUT2D eigenvalue weighted by Gasteiger charge is 2.08. The third-order valence-electron chi connectivity index (χ3n) is 2.33. The molecule has 2 N–H and O–H groups in total. The van der Waals surface area contributed by atoms with E-state index in [1.165, 1.54) is 12.3 Å². The van der Waals surface area contributed by atoms with Crippen LogP contribution in [0.2, 0.25) is 0 Å². The van der Waals surface area contributed by atoms with Gasteiger partial charge in [-0.05, 0) is 5.56 Å². The molecule has 0 aliphatic rings. The lowest BCUT2D eigenvalue weighted by Crippen LogP contribution is -2.12. The monoisotopic (exact) mass is 230 g/mol. The number of hydrogen-bond acceptors (Lipinski definition) is 3. The Morgan fingerprint density at radius 3 is 2.53 bits per heavy atom. The topological polar surface area (TPSA) is 69.3 Å². The van der Waals surface area contributed by atoms with Gasteiger partial charge in [0.25, 0.3) is 5.82 Å². The average molecular weight is 230 g/mol. The molecule has 0 bridgehead atoms. The molecule has 0 unspecified atom stereocenters. The van der Waals surface area contributed by atoms with Gasteiger partial charge in [0, 0.05) is 12.1 Å². The fourth-order valence-corrected chi connectivity index (χ4v) is 1.43. The highest BCUT2D eigenvalue weighted by molar-refractivity contribution is 5.35. The molecule has 2 rings (SSSR count). The van der Waals surface area contributed by atoms with Gasteiger partial charge in [0.1, 0.15) is 6.54 Å². The second-order valence-electron chi connectivity index (χ2n) is 3.56. The molecule has 0 aliphatic heterocycles. The van der Waals surface area contributed by atoms with Crippen LogP contribution >= 0.6 is 0 Å². The molecule has 0 amide bonds. The summed E-state index contributed by atoms with van der Waals surface area (Å²) in [6, 6.07) is 13.0. The molecule has 2 aromatic rings. The predicted molar refractivity (Wildman–Crippen MR) is 63.4 cm³/mol. The van der Waals surface area contributed by atoms with Crippen molar-refractivity contribution in [3.8, 4) is 0 Å². The number of pyridine rings is 1. The minimum Gasteiger partial charge on any atom is -0.270 e. The summed E-state index contributed by atoms with van der Waals surface area (Å²) in [6.45, 7) is 0.676. The molecule has 1 aromatic carbocycles. The first-order chi connectivity index (χ1) is 8.25. The summed E-state index contributed by atoms with van der Waals surface area (Å²) in [4.78, 5) is 12.9. The Kier molecular flexibility index (Phi) is 3.30. The number of nitro groups is 1. The van der Waals surface area contributed by atoms with Gasteiger partial charge in [-0.25, -0.2) is 4.98 Å². The Labute approximate surface area is 98.3 Å². The quantitative estimate of drug-likeness (QED) is 0.645. The normalized spacial score (nSPS) is 9.88. The number of anilines is 1. The van der Waals surface area contributed by atoms with Gasteiger partial charge in [0.2, 0.25) is 0 Å². The van der Waals surface area contributed by atoms with Gasteiger partial charge in [-0.3, -0.25) is 15.4 Å². The molecule has 17 heavy (non-hydrogen) atoms. The van der Waals surface area contributed by atoms with Crippen molar-refractivity contribution in [1.29, 1.82) is 0 Å². The van der Waals surface area contributed by atoms with E-state index in [0.717, 1.165) is 11.4 Å². The lowest BCUT2D eigenvalue weighted by molar-refractivity contribution is -0.413. The van der Waals surface area contributed by atoms with Crippen LogP contribution in [0.15, 0.2) is 48.7 Å². The van der Waals surface area contributed by atoms with Gasteiger partial charge in [-0.1, -0.05) is 30.3 Å². The minimum atomic E-state index is -0.433. The van der Waals surface area contributed by atoms with Crippen LogP contribution in [-0.2, 0) is 6.54 Å². The summed E-state index contributed by atoms with van der Waals surface area (Å²) in [5.41, 5.74) is 1.20. The Balaban J connectivity index is 1.98. The van der Waals surface area contributed by atoms with E-state index in [1.807, 2.05) is 30.3 Å². The number of nitrogens with one attached hydrogen (secondary N) is 2. The minimum absolute atomic E-state index is 0.0512. The number of rotatable bonds is 4. The highest BCUT2D eigenvalue weighted by atomic mass is 16.6. The van der Waals surface area contributed by atoms with Crippen LogP contribution in [0, 0.1) is 10.1 Å². The second-order valence-corrected chi connectivity index (χ2v) is 3.56. The Morgan fingerprint density at radius 1 is 1.18 bits per heavy atom. The van der Waals surface area contributed by atoms with Crippen LogP contribution in [0.1, 0.15) is 5.56 Å². The Bertz CT molecular complexity index is 497. The van der Waals surface area contributed by atoms with Gasteiger partial charge in [0.05, 0.1) is 4.92 Å². The van der Waals surface area contributed by atoms with Crippen LogP contribution in [0.4, 0.5) is 11.5 Å². The molecule has 5 heteroatoms. The maximum atomic E-state index is 10.5. The van der Waals surface area contributed by atoms with Crippen LogP contribution in [0.3, 0.4) is 0 Å². The fourth-order valence-electron chi connectivity index (χ4n) is 1.43. The van der Waals surface area contributed by atoms with Crippen LogP contribution in [0.5, 0.6) is 0 Å². The van der Waals surface area contributed by atoms with Gasteiger partial charge in [0.15, 0.2) is 6.20 Å². The first-order valence-corrected chi connectivity index (χ1v) is 5.19. The summed E-state index contributed by atoms with van der Waals surface area (Å²) in [5, 5.41) is 13.6. The maximum Gasteiger partial charge on any atom is 0.308 e. The Hall–Kier alpha value is -2.43. The number of aromatic nitrogens is 1. The third kappa shape index (κ3) is 3.01. The van der Waals surface area contributed by atoms with Crippen molar-refractivity contribution in [3.63, 3.8) is 0 Å². The van der Waals surface area contributed by atoms with Crippen molar-refractivity contribution in [1.82, 2.24) is 0 Å². The molecule has 0 saturated carbocycles. The molecular formula is C12H12N3O2+. The second kappa shape index (κ2) is 5.07. The number of aromatic amines is 1. The zero-order chi connectivity index (χ0) is 12.1. The third-order valence-corrected chi connectivity index (χ3v) is 2.33. The van der Waals surface area contributed by atoms with E-state index in [9.17, 15) is 10.1 Å². The summed E-state index contributed by atoms with van der Waals surface area (Å²) < 4.78 is 0. The predicted octanol–water partition coefficient (Wildman–Crippen LogP) is 2.02. The number of hydrogen-bond donors (Lipinski definition) is 1. The first kappa shape index (κ1) is 11.1. The van der Waals surface area contributed by atoms with E-state index in [1.54, 1.807) is 6.07 Å². The molecule has 5 nitrogen and oxygen atoms in total. The van der Waals surface area contributed by atoms with E-state index in [2.05, 4.69) is 10.3 Å². The Morgan fingerprint density at radius 2 is 1.94 bits per heavy atom. The summed E-state index contributed by atoms with van der Waals surface area (Å²) in [6.07, 6.45) is 1.37. The summed E-state index contributed by atoms with van der Waals surface area (Å²) >= 11 is 0. The van der Waals surface area contributed by atoms with Crippen molar-refractivity contribution < 1.29 is 9.91 Å². The smallest absolute Gasteiger partial charge is 0.270 e. The van der Waals surface area contributed by atoms with Crippen LogP contribution in [0.25, 0.3) is 0 Å². The SMILES string of the molecule is O=[N+]([O-])c1ccc(NCc2ccccc2)[nH+]c1. The molecule has 86 valence electrons. The zero-order valence-corrected chi connectivity index (χ0v) is 9.09. The van der Waals surface area contributed by atoms with Crippen LogP contribution < -0.4 is 10.3 Å². The van der Waals surface area contributed by atoms with E-state index in [-0.39, 0.29) is 5.69 Å². The molecule has 0 saturated heterocycles.